The fourth-order valence-electron chi connectivity index (χ4n) is 3.79. The molecule has 0 bridgehead atoms. The SMILES string of the molecule is O=C1CNC(=O)N1CCCN1CCN(Cc2ccc(-c3cccc(F)c3)s2)CC1. The van der Waals surface area contributed by atoms with Crippen molar-refractivity contribution >= 4 is 23.3 Å². The van der Waals surface area contributed by atoms with E-state index in [9.17, 15) is 14.0 Å². The minimum absolute atomic E-state index is 0.126. The van der Waals surface area contributed by atoms with Crippen LogP contribution >= 0.6 is 11.3 Å². The highest BCUT2D eigenvalue weighted by molar-refractivity contribution is 7.15. The largest absolute Gasteiger partial charge is 0.329 e. The zero-order valence-electron chi connectivity index (χ0n) is 16.3. The zero-order valence-corrected chi connectivity index (χ0v) is 17.1. The molecule has 2 aliphatic heterocycles. The second-order valence-corrected chi connectivity index (χ2v) is 8.62. The summed E-state index contributed by atoms with van der Waals surface area (Å²) < 4.78 is 13.4. The van der Waals surface area contributed by atoms with Gasteiger partial charge in [0.2, 0.25) is 5.91 Å². The average molecular weight is 417 g/mol. The summed E-state index contributed by atoms with van der Waals surface area (Å²) in [4.78, 5) is 31.7. The molecule has 0 saturated carbocycles. The Bertz CT molecular complexity index is 863. The maximum absolute atomic E-state index is 13.4. The second-order valence-electron chi connectivity index (χ2n) is 7.45. The van der Waals surface area contributed by atoms with Crippen LogP contribution in [0.3, 0.4) is 0 Å². The lowest BCUT2D eigenvalue weighted by atomic mass is 10.2. The Labute approximate surface area is 173 Å². The Kier molecular flexibility index (Phi) is 6.22. The maximum atomic E-state index is 13.4. The molecule has 29 heavy (non-hydrogen) atoms. The van der Waals surface area contributed by atoms with Gasteiger partial charge in [-0.2, -0.15) is 0 Å². The first kappa shape index (κ1) is 20.0. The molecule has 0 spiro atoms. The van der Waals surface area contributed by atoms with Crippen LogP contribution in [0.4, 0.5) is 9.18 Å². The number of nitrogens with zero attached hydrogens (tertiary/aromatic N) is 3. The summed E-state index contributed by atoms with van der Waals surface area (Å²) >= 11 is 1.72. The van der Waals surface area contributed by atoms with E-state index in [4.69, 9.17) is 0 Å². The lowest BCUT2D eigenvalue weighted by Gasteiger charge is -2.34. The molecule has 1 N–H and O–H groups in total. The number of piperazine rings is 1. The summed E-state index contributed by atoms with van der Waals surface area (Å²) in [6.45, 7) is 6.39. The molecule has 1 aromatic heterocycles. The third-order valence-corrected chi connectivity index (χ3v) is 6.53. The first-order chi connectivity index (χ1) is 14.1. The van der Waals surface area contributed by atoms with E-state index in [1.54, 1.807) is 23.5 Å². The predicted octanol–water partition coefficient (Wildman–Crippen LogP) is 2.61. The van der Waals surface area contributed by atoms with Gasteiger partial charge in [0.1, 0.15) is 5.82 Å². The highest BCUT2D eigenvalue weighted by Gasteiger charge is 2.28. The fraction of sp³-hybridized carbons (Fsp3) is 0.429. The molecule has 6 nitrogen and oxygen atoms in total. The number of carbonyl (C=O) groups excluding carboxylic acids is 2. The molecular weight excluding hydrogens is 391 g/mol. The Morgan fingerprint density at radius 2 is 1.79 bits per heavy atom. The Hall–Kier alpha value is -2.29. The maximum Gasteiger partial charge on any atom is 0.324 e. The number of thiophene rings is 1. The molecule has 2 aromatic rings. The van der Waals surface area contributed by atoms with Crippen LogP contribution in [0.25, 0.3) is 10.4 Å². The van der Waals surface area contributed by atoms with Gasteiger partial charge in [-0.05, 0) is 42.8 Å². The van der Waals surface area contributed by atoms with Crippen molar-refractivity contribution in [3.63, 3.8) is 0 Å². The molecular formula is C21H25FN4O2S. The first-order valence-corrected chi connectivity index (χ1v) is 10.8. The number of urea groups is 1. The molecule has 1 aromatic carbocycles. The number of halogens is 1. The van der Waals surface area contributed by atoms with Gasteiger partial charge in [0.05, 0.1) is 6.54 Å². The lowest BCUT2D eigenvalue weighted by molar-refractivity contribution is -0.125. The normalized spacial score (nSPS) is 18.4. The van der Waals surface area contributed by atoms with Gasteiger partial charge < -0.3 is 10.2 Å². The zero-order chi connectivity index (χ0) is 20.2. The predicted molar refractivity (Wildman–Crippen MR) is 111 cm³/mol. The summed E-state index contributed by atoms with van der Waals surface area (Å²) in [5.74, 6) is -0.336. The third-order valence-electron chi connectivity index (χ3n) is 5.41. The van der Waals surface area contributed by atoms with Crippen LogP contribution in [0.2, 0.25) is 0 Å². The third kappa shape index (κ3) is 5.01. The van der Waals surface area contributed by atoms with Crippen molar-refractivity contribution in [2.24, 2.45) is 0 Å². The van der Waals surface area contributed by atoms with Crippen molar-refractivity contribution in [1.29, 1.82) is 0 Å². The number of hydrogen-bond donors (Lipinski definition) is 1. The van der Waals surface area contributed by atoms with Crippen molar-refractivity contribution < 1.29 is 14.0 Å². The Balaban J connectivity index is 1.20. The van der Waals surface area contributed by atoms with Gasteiger partial charge >= 0.3 is 6.03 Å². The summed E-state index contributed by atoms with van der Waals surface area (Å²) in [6.07, 6.45) is 0.807. The summed E-state index contributed by atoms with van der Waals surface area (Å²) in [7, 11) is 0. The van der Waals surface area contributed by atoms with Crippen molar-refractivity contribution in [2.75, 3.05) is 45.8 Å². The van der Waals surface area contributed by atoms with E-state index in [-0.39, 0.29) is 24.3 Å². The summed E-state index contributed by atoms with van der Waals surface area (Å²) in [6, 6.07) is 10.7. The molecule has 2 aliphatic rings. The second kappa shape index (κ2) is 9.02. The lowest BCUT2D eigenvalue weighted by Crippen LogP contribution is -2.46. The molecule has 154 valence electrons. The van der Waals surface area contributed by atoms with Crippen LogP contribution in [0, 0.1) is 5.82 Å². The van der Waals surface area contributed by atoms with Gasteiger partial charge in [-0.15, -0.1) is 11.3 Å². The number of carbonyl (C=O) groups is 2. The molecule has 0 unspecified atom stereocenters. The van der Waals surface area contributed by atoms with Gasteiger partial charge in [0.25, 0.3) is 0 Å². The van der Waals surface area contributed by atoms with Crippen LogP contribution in [-0.2, 0) is 11.3 Å². The molecule has 8 heteroatoms. The number of rotatable bonds is 7. The van der Waals surface area contributed by atoms with E-state index < -0.39 is 0 Å². The van der Waals surface area contributed by atoms with E-state index >= 15 is 0 Å². The molecule has 0 radical (unpaired) electrons. The van der Waals surface area contributed by atoms with Crippen LogP contribution in [0.5, 0.6) is 0 Å². The van der Waals surface area contributed by atoms with Gasteiger partial charge in [0.15, 0.2) is 0 Å². The number of imide groups is 1. The van der Waals surface area contributed by atoms with Crippen LogP contribution < -0.4 is 5.32 Å². The van der Waals surface area contributed by atoms with Crippen LogP contribution in [0.1, 0.15) is 11.3 Å². The first-order valence-electron chi connectivity index (χ1n) is 9.96. The molecule has 2 saturated heterocycles. The minimum Gasteiger partial charge on any atom is -0.329 e. The molecule has 0 aliphatic carbocycles. The Morgan fingerprint density at radius 3 is 2.52 bits per heavy atom. The monoisotopic (exact) mass is 416 g/mol. The van der Waals surface area contributed by atoms with E-state index in [0.29, 0.717) is 6.54 Å². The smallest absolute Gasteiger partial charge is 0.324 e. The average Bonchev–Trinajstić information content (AvgIpc) is 3.31. The number of nitrogens with one attached hydrogen (secondary N) is 1. The van der Waals surface area contributed by atoms with Gasteiger partial charge in [-0.1, -0.05) is 12.1 Å². The van der Waals surface area contributed by atoms with Gasteiger partial charge in [0, 0.05) is 49.0 Å². The highest BCUT2D eigenvalue weighted by atomic mass is 32.1. The van der Waals surface area contributed by atoms with Crippen LogP contribution in [-0.4, -0.2) is 72.5 Å². The molecule has 0 atom stereocenters. The Morgan fingerprint density at radius 1 is 1.00 bits per heavy atom. The minimum atomic E-state index is -0.270. The number of amides is 3. The highest BCUT2D eigenvalue weighted by Crippen LogP contribution is 2.29. The van der Waals surface area contributed by atoms with Gasteiger partial charge in [-0.25, -0.2) is 9.18 Å². The summed E-state index contributed by atoms with van der Waals surface area (Å²) in [5, 5.41) is 2.55. The number of hydrogen-bond acceptors (Lipinski definition) is 5. The summed E-state index contributed by atoms with van der Waals surface area (Å²) in [5.41, 5.74) is 0.927. The van der Waals surface area contributed by atoms with Crippen molar-refractivity contribution in [3.8, 4) is 10.4 Å². The van der Waals surface area contributed by atoms with E-state index in [1.807, 2.05) is 6.07 Å². The fourth-order valence-corrected chi connectivity index (χ4v) is 4.83. The van der Waals surface area contributed by atoms with Gasteiger partial charge in [-0.3, -0.25) is 14.6 Å². The van der Waals surface area contributed by atoms with E-state index in [1.165, 1.54) is 15.8 Å². The van der Waals surface area contributed by atoms with Crippen molar-refractivity contribution in [2.45, 2.75) is 13.0 Å². The van der Waals surface area contributed by atoms with Crippen LogP contribution in [0.15, 0.2) is 36.4 Å². The molecule has 3 heterocycles. The van der Waals surface area contributed by atoms with E-state index in [0.717, 1.165) is 56.1 Å². The van der Waals surface area contributed by atoms with E-state index in [2.05, 4.69) is 27.2 Å². The quantitative estimate of drug-likeness (QED) is 0.705. The molecule has 4 rings (SSSR count). The van der Waals surface area contributed by atoms with Crippen molar-refractivity contribution in [3.05, 3.63) is 47.1 Å². The topological polar surface area (TPSA) is 55.9 Å². The van der Waals surface area contributed by atoms with Crippen molar-refractivity contribution in [1.82, 2.24) is 20.0 Å². The molecule has 2 fully saturated rings. The number of benzene rings is 1. The standard InChI is InChI=1S/C21H25FN4O2S/c22-17-4-1-3-16(13-17)19-6-5-18(29-19)15-25-11-9-24(10-12-25)7-2-8-26-20(27)14-23-21(26)28/h1,3-6,13H,2,7-12,14-15H2,(H,23,28). The molecule has 3 amide bonds.